The lowest BCUT2D eigenvalue weighted by Crippen LogP contribution is -2.22. The Morgan fingerprint density at radius 3 is 1.55 bits per heavy atom. The van der Waals surface area contributed by atoms with Crippen molar-refractivity contribution in [2.75, 3.05) is 10.6 Å². The summed E-state index contributed by atoms with van der Waals surface area (Å²) in [6, 6.07) is 29.5. The van der Waals surface area contributed by atoms with Crippen LogP contribution in [0, 0.1) is 0 Å². The second-order valence-corrected chi connectivity index (χ2v) is 7.28. The van der Waals surface area contributed by atoms with Crippen molar-refractivity contribution in [3.05, 3.63) is 108 Å². The Kier molecular flexibility index (Phi) is 5.94. The van der Waals surface area contributed by atoms with E-state index in [0.29, 0.717) is 30.3 Å². The maximum Gasteiger partial charge on any atom is 0.127 e. The van der Waals surface area contributed by atoms with Gasteiger partial charge in [0.1, 0.15) is 23.0 Å². The smallest absolute Gasteiger partial charge is 0.127 e. The van der Waals surface area contributed by atoms with Crippen molar-refractivity contribution in [3.8, 4) is 23.0 Å². The van der Waals surface area contributed by atoms with Crippen molar-refractivity contribution in [3.63, 3.8) is 0 Å². The number of benzene rings is 4. The molecule has 156 valence electrons. The van der Waals surface area contributed by atoms with Gasteiger partial charge in [-0.25, -0.2) is 0 Å². The van der Waals surface area contributed by atoms with E-state index in [0.717, 1.165) is 16.8 Å². The van der Waals surface area contributed by atoms with Crippen LogP contribution in [-0.2, 0) is 13.1 Å². The minimum Gasteiger partial charge on any atom is -0.508 e. The van der Waals surface area contributed by atoms with Crippen molar-refractivity contribution >= 4 is 11.4 Å². The van der Waals surface area contributed by atoms with Gasteiger partial charge in [-0.3, -0.25) is 0 Å². The van der Waals surface area contributed by atoms with Gasteiger partial charge in [-0.1, -0.05) is 36.4 Å². The summed E-state index contributed by atoms with van der Waals surface area (Å²) in [5, 5.41) is 20.5. The van der Waals surface area contributed by atoms with E-state index in [-0.39, 0.29) is 11.5 Å². The number of nitrogens with two attached hydrogens (primary N) is 1. The Labute approximate surface area is 181 Å². The molecule has 0 saturated carbocycles. The van der Waals surface area contributed by atoms with E-state index in [9.17, 15) is 10.2 Å². The summed E-state index contributed by atoms with van der Waals surface area (Å²) in [5.74, 6) is 1.90. The maximum atomic E-state index is 10.2. The summed E-state index contributed by atoms with van der Waals surface area (Å²) in [6.07, 6.45) is 0. The summed E-state index contributed by atoms with van der Waals surface area (Å²) in [6.45, 7) is 0.971. The summed E-state index contributed by atoms with van der Waals surface area (Å²) >= 11 is 0. The van der Waals surface area contributed by atoms with Gasteiger partial charge in [0.25, 0.3) is 0 Å². The van der Waals surface area contributed by atoms with Gasteiger partial charge in [0, 0.05) is 35.6 Å². The number of phenols is 2. The highest BCUT2D eigenvalue weighted by molar-refractivity contribution is 5.52. The molecule has 0 aliphatic heterocycles. The molecule has 31 heavy (non-hydrogen) atoms. The highest BCUT2D eigenvalue weighted by Crippen LogP contribution is 2.29. The Morgan fingerprint density at radius 2 is 1.06 bits per heavy atom. The molecular weight excluding hydrogens is 388 g/mol. The van der Waals surface area contributed by atoms with E-state index < -0.39 is 0 Å². The van der Waals surface area contributed by atoms with Crippen LogP contribution in [0.4, 0.5) is 11.4 Å². The van der Waals surface area contributed by atoms with Crippen molar-refractivity contribution in [1.29, 1.82) is 0 Å². The van der Waals surface area contributed by atoms with Crippen LogP contribution in [0.2, 0.25) is 0 Å². The van der Waals surface area contributed by atoms with Crippen LogP contribution in [-0.4, -0.2) is 10.2 Å². The molecule has 4 aromatic rings. The van der Waals surface area contributed by atoms with E-state index >= 15 is 0 Å². The number of nitrogen functional groups attached to an aromatic ring is 1. The van der Waals surface area contributed by atoms with Crippen LogP contribution in [0.15, 0.2) is 97.1 Å². The lowest BCUT2D eigenvalue weighted by Gasteiger charge is -2.26. The van der Waals surface area contributed by atoms with Crippen molar-refractivity contribution < 1.29 is 14.9 Å². The zero-order chi connectivity index (χ0) is 21.6. The molecule has 0 saturated heterocycles. The Morgan fingerprint density at radius 1 is 0.613 bits per heavy atom. The molecule has 0 radical (unpaired) electrons. The Hall–Kier alpha value is -4.12. The largest absolute Gasteiger partial charge is 0.508 e. The van der Waals surface area contributed by atoms with E-state index in [1.54, 1.807) is 36.4 Å². The van der Waals surface area contributed by atoms with Crippen molar-refractivity contribution in [1.82, 2.24) is 0 Å². The number of anilines is 2. The zero-order valence-electron chi connectivity index (χ0n) is 17.0. The molecule has 0 aliphatic rings. The average Bonchev–Trinajstić information content (AvgIpc) is 2.78. The fourth-order valence-electron chi connectivity index (χ4n) is 3.34. The molecule has 0 amide bonds. The third-order valence-corrected chi connectivity index (χ3v) is 5.02. The molecule has 0 bridgehead atoms. The second kappa shape index (κ2) is 9.13. The van der Waals surface area contributed by atoms with Gasteiger partial charge in [0.05, 0.1) is 0 Å². The SMILES string of the molecule is Nc1ccc(Oc2ccc(N(Cc3ccccc3O)Cc3ccccc3O)cc2)cc1. The van der Waals surface area contributed by atoms with E-state index in [1.807, 2.05) is 60.7 Å². The summed E-state index contributed by atoms with van der Waals surface area (Å²) in [7, 11) is 0. The first-order valence-electron chi connectivity index (χ1n) is 10.0. The lowest BCUT2D eigenvalue weighted by atomic mass is 10.1. The number of aromatic hydroxyl groups is 2. The number of hydrogen-bond acceptors (Lipinski definition) is 5. The fraction of sp³-hybridized carbons (Fsp3) is 0.0769. The number of phenolic OH excluding ortho intramolecular Hbond substituents is 2. The molecular formula is C26H24N2O3. The Bertz CT molecular complexity index is 1090. The highest BCUT2D eigenvalue weighted by Gasteiger charge is 2.13. The second-order valence-electron chi connectivity index (χ2n) is 7.28. The van der Waals surface area contributed by atoms with Gasteiger partial charge in [-0.05, 0) is 60.7 Å². The number of nitrogens with zero attached hydrogens (tertiary/aromatic N) is 1. The summed E-state index contributed by atoms with van der Waals surface area (Å²) in [5.41, 5.74) is 8.96. The fourth-order valence-corrected chi connectivity index (χ4v) is 3.34. The topological polar surface area (TPSA) is 79.0 Å². The van der Waals surface area contributed by atoms with Crippen molar-refractivity contribution in [2.24, 2.45) is 0 Å². The van der Waals surface area contributed by atoms with Crippen LogP contribution in [0.1, 0.15) is 11.1 Å². The maximum absolute atomic E-state index is 10.2. The quantitative estimate of drug-likeness (QED) is 0.340. The molecule has 0 unspecified atom stereocenters. The van der Waals surface area contributed by atoms with Gasteiger partial charge in [0.2, 0.25) is 0 Å². The van der Waals surface area contributed by atoms with E-state index in [1.165, 1.54) is 0 Å². The van der Waals surface area contributed by atoms with Crippen LogP contribution >= 0.6 is 0 Å². The van der Waals surface area contributed by atoms with Gasteiger partial charge in [-0.2, -0.15) is 0 Å². The average molecular weight is 412 g/mol. The van der Waals surface area contributed by atoms with E-state index in [2.05, 4.69) is 4.90 Å². The molecule has 0 spiro atoms. The van der Waals surface area contributed by atoms with Crippen LogP contribution in [0.5, 0.6) is 23.0 Å². The lowest BCUT2D eigenvalue weighted by molar-refractivity contribution is 0.463. The monoisotopic (exact) mass is 412 g/mol. The third kappa shape index (κ3) is 5.08. The predicted molar refractivity (Wildman–Crippen MR) is 123 cm³/mol. The molecule has 0 aliphatic carbocycles. The first-order chi connectivity index (χ1) is 15.1. The molecule has 0 fully saturated rings. The third-order valence-electron chi connectivity index (χ3n) is 5.02. The van der Waals surface area contributed by atoms with Gasteiger partial charge < -0.3 is 25.6 Å². The molecule has 4 N–H and O–H groups in total. The molecule has 0 aromatic heterocycles. The molecule has 4 rings (SSSR count). The Balaban J connectivity index is 1.58. The van der Waals surface area contributed by atoms with Crippen molar-refractivity contribution in [2.45, 2.75) is 13.1 Å². The van der Waals surface area contributed by atoms with Gasteiger partial charge >= 0.3 is 0 Å². The number of rotatable bonds is 7. The summed E-state index contributed by atoms with van der Waals surface area (Å²) < 4.78 is 5.89. The van der Waals surface area contributed by atoms with Gasteiger partial charge in [-0.15, -0.1) is 0 Å². The van der Waals surface area contributed by atoms with Gasteiger partial charge in [0.15, 0.2) is 0 Å². The first kappa shape index (κ1) is 20.2. The number of ether oxygens (including phenoxy) is 1. The number of para-hydroxylation sites is 2. The number of hydrogen-bond donors (Lipinski definition) is 3. The standard InChI is InChI=1S/C26H24N2O3/c27-21-9-13-23(14-10-21)31-24-15-11-22(12-16-24)28(17-19-5-1-3-7-25(19)29)18-20-6-2-4-8-26(20)30/h1-16,29-30H,17-18,27H2. The normalized spacial score (nSPS) is 10.6. The minimum atomic E-state index is 0.244. The zero-order valence-corrected chi connectivity index (χ0v) is 17.0. The highest BCUT2D eigenvalue weighted by atomic mass is 16.5. The molecule has 5 heteroatoms. The minimum absolute atomic E-state index is 0.244. The molecule has 0 atom stereocenters. The van der Waals surface area contributed by atoms with Crippen LogP contribution < -0.4 is 15.4 Å². The summed E-state index contributed by atoms with van der Waals surface area (Å²) in [4.78, 5) is 2.09. The predicted octanol–water partition coefficient (Wildman–Crippen LogP) is 5.68. The molecule has 5 nitrogen and oxygen atoms in total. The first-order valence-corrected chi connectivity index (χ1v) is 10.0. The molecule has 0 heterocycles. The van der Waals surface area contributed by atoms with E-state index in [4.69, 9.17) is 10.5 Å². The molecule has 4 aromatic carbocycles. The van der Waals surface area contributed by atoms with Crippen LogP contribution in [0.3, 0.4) is 0 Å². The van der Waals surface area contributed by atoms with Crippen LogP contribution in [0.25, 0.3) is 0 Å².